The van der Waals surface area contributed by atoms with Gasteiger partial charge in [0, 0.05) is 23.9 Å². The van der Waals surface area contributed by atoms with E-state index in [9.17, 15) is 14.7 Å². The lowest BCUT2D eigenvalue weighted by molar-refractivity contribution is -0.115. The molecule has 0 saturated carbocycles. The van der Waals surface area contributed by atoms with E-state index in [2.05, 4.69) is 4.99 Å². The number of nitrogens with zero attached hydrogens (tertiary/aromatic N) is 1. The van der Waals surface area contributed by atoms with Crippen LogP contribution in [0.25, 0.3) is 0 Å². The molecule has 1 N–H and O–H groups in total. The highest BCUT2D eigenvalue weighted by atomic mass is 32.1. The van der Waals surface area contributed by atoms with E-state index in [0.717, 1.165) is 11.3 Å². The summed E-state index contributed by atoms with van der Waals surface area (Å²) in [6.07, 6.45) is 3.72. The van der Waals surface area contributed by atoms with Crippen LogP contribution in [-0.4, -0.2) is 29.7 Å². The summed E-state index contributed by atoms with van der Waals surface area (Å²) in [6.45, 7) is 4.04. The SMILES string of the molecule is CCOC(=O)c1cc(CC)sc1/N=C/C1=C(O)CCCC1=O. The monoisotopic (exact) mass is 321 g/mol. The summed E-state index contributed by atoms with van der Waals surface area (Å²) in [5.41, 5.74) is 0.649. The van der Waals surface area contributed by atoms with Gasteiger partial charge in [0.2, 0.25) is 0 Å². The topological polar surface area (TPSA) is 76.0 Å². The first-order chi connectivity index (χ1) is 10.6. The molecule has 0 aromatic carbocycles. The largest absolute Gasteiger partial charge is 0.512 e. The minimum atomic E-state index is -0.418. The Kier molecular flexibility index (Phi) is 5.49. The minimum absolute atomic E-state index is 0.0740. The zero-order valence-corrected chi connectivity index (χ0v) is 13.5. The molecule has 0 atom stereocenters. The number of esters is 1. The molecule has 0 saturated heterocycles. The van der Waals surface area contributed by atoms with Crippen molar-refractivity contribution in [2.45, 2.75) is 39.5 Å². The summed E-state index contributed by atoms with van der Waals surface area (Å²) in [4.78, 5) is 29.0. The van der Waals surface area contributed by atoms with Gasteiger partial charge in [0.25, 0.3) is 0 Å². The molecule has 1 aromatic rings. The summed E-state index contributed by atoms with van der Waals surface area (Å²) in [5, 5.41) is 10.3. The maximum Gasteiger partial charge on any atom is 0.341 e. The zero-order valence-electron chi connectivity index (χ0n) is 12.7. The van der Waals surface area contributed by atoms with Crippen molar-refractivity contribution in [3.8, 4) is 0 Å². The van der Waals surface area contributed by atoms with E-state index in [1.54, 1.807) is 13.0 Å². The second kappa shape index (κ2) is 7.35. The zero-order chi connectivity index (χ0) is 16.1. The van der Waals surface area contributed by atoms with Gasteiger partial charge in [0.05, 0.1) is 17.7 Å². The first kappa shape index (κ1) is 16.4. The lowest BCUT2D eigenvalue weighted by Gasteiger charge is -2.11. The van der Waals surface area contributed by atoms with Crippen LogP contribution in [0.15, 0.2) is 22.4 Å². The number of aryl methyl sites for hydroxylation is 1. The fraction of sp³-hybridized carbons (Fsp3) is 0.438. The van der Waals surface area contributed by atoms with E-state index < -0.39 is 5.97 Å². The highest BCUT2D eigenvalue weighted by Gasteiger charge is 2.20. The van der Waals surface area contributed by atoms with Crippen molar-refractivity contribution in [1.29, 1.82) is 0 Å². The number of aliphatic hydroxyl groups is 1. The molecular formula is C16H19NO4S. The van der Waals surface area contributed by atoms with Gasteiger partial charge >= 0.3 is 5.97 Å². The Morgan fingerprint density at radius 1 is 1.45 bits per heavy atom. The molecule has 1 aromatic heterocycles. The predicted molar refractivity (Wildman–Crippen MR) is 86.3 cm³/mol. The number of carbonyl (C=O) groups is 2. The van der Waals surface area contributed by atoms with Gasteiger partial charge in [-0.25, -0.2) is 9.79 Å². The Balaban J connectivity index is 2.32. The number of aliphatic imine (C=N–C) groups is 1. The average molecular weight is 321 g/mol. The van der Waals surface area contributed by atoms with Gasteiger partial charge in [-0.15, -0.1) is 11.3 Å². The number of ketones is 1. The molecule has 0 aliphatic heterocycles. The van der Waals surface area contributed by atoms with Crippen LogP contribution < -0.4 is 0 Å². The number of thiophene rings is 1. The van der Waals surface area contributed by atoms with Gasteiger partial charge in [-0.05, 0) is 25.8 Å². The summed E-state index contributed by atoms with van der Waals surface area (Å²) >= 11 is 1.39. The molecule has 2 rings (SSSR count). The van der Waals surface area contributed by atoms with E-state index in [0.29, 0.717) is 36.4 Å². The second-order valence-electron chi connectivity index (χ2n) is 4.90. The van der Waals surface area contributed by atoms with Crippen LogP contribution in [0.2, 0.25) is 0 Å². The summed E-state index contributed by atoms with van der Waals surface area (Å²) < 4.78 is 5.03. The lowest BCUT2D eigenvalue weighted by Crippen LogP contribution is -2.12. The van der Waals surface area contributed by atoms with Crippen molar-refractivity contribution in [3.05, 3.63) is 27.8 Å². The molecule has 0 fully saturated rings. The standard InChI is InChI=1S/C16H19NO4S/c1-3-10-8-11(16(20)21-4-2)15(22-10)17-9-12-13(18)6-5-7-14(12)19/h8-9,18H,3-7H2,1-2H3/b17-9+. The number of hydrogen-bond donors (Lipinski definition) is 1. The molecule has 0 amide bonds. The average Bonchev–Trinajstić information content (AvgIpc) is 2.90. The highest BCUT2D eigenvalue weighted by Crippen LogP contribution is 2.32. The number of carbonyl (C=O) groups excluding carboxylic acids is 2. The smallest absolute Gasteiger partial charge is 0.341 e. The molecule has 1 aliphatic carbocycles. The predicted octanol–water partition coefficient (Wildman–Crippen LogP) is 3.75. The number of allylic oxidation sites excluding steroid dienone is 2. The number of rotatable bonds is 5. The molecule has 5 nitrogen and oxygen atoms in total. The van der Waals surface area contributed by atoms with Crippen molar-refractivity contribution in [2.75, 3.05) is 6.61 Å². The Hall–Kier alpha value is -1.95. The maximum absolute atomic E-state index is 12.0. The molecule has 0 bridgehead atoms. The van der Waals surface area contributed by atoms with Crippen LogP contribution >= 0.6 is 11.3 Å². The minimum Gasteiger partial charge on any atom is -0.512 e. The number of aliphatic hydroxyl groups excluding tert-OH is 1. The van der Waals surface area contributed by atoms with Crippen LogP contribution in [0, 0.1) is 0 Å². The van der Waals surface area contributed by atoms with E-state index in [4.69, 9.17) is 4.74 Å². The lowest BCUT2D eigenvalue weighted by atomic mass is 9.97. The van der Waals surface area contributed by atoms with Gasteiger partial charge in [0.1, 0.15) is 10.8 Å². The van der Waals surface area contributed by atoms with E-state index in [1.165, 1.54) is 17.6 Å². The number of hydrogen-bond acceptors (Lipinski definition) is 6. The molecule has 118 valence electrons. The first-order valence-electron chi connectivity index (χ1n) is 7.36. The van der Waals surface area contributed by atoms with Gasteiger partial charge in [-0.2, -0.15) is 0 Å². The Labute approximate surface area is 133 Å². The third-order valence-electron chi connectivity index (χ3n) is 3.35. The first-order valence-corrected chi connectivity index (χ1v) is 8.17. The van der Waals surface area contributed by atoms with Crippen LogP contribution in [0.3, 0.4) is 0 Å². The maximum atomic E-state index is 12.0. The van der Waals surface area contributed by atoms with Crippen molar-refractivity contribution < 1.29 is 19.4 Å². The van der Waals surface area contributed by atoms with Crippen molar-refractivity contribution in [1.82, 2.24) is 0 Å². The normalized spacial score (nSPS) is 15.6. The Morgan fingerprint density at radius 3 is 2.86 bits per heavy atom. The van der Waals surface area contributed by atoms with E-state index in [-0.39, 0.29) is 17.1 Å². The summed E-state index contributed by atoms with van der Waals surface area (Å²) in [6, 6.07) is 1.77. The third-order valence-corrected chi connectivity index (χ3v) is 4.53. The summed E-state index contributed by atoms with van der Waals surface area (Å²) in [5.74, 6) is -0.457. The molecule has 22 heavy (non-hydrogen) atoms. The van der Waals surface area contributed by atoms with Gasteiger partial charge in [0.15, 0.2) is 5.78 Å². The van der Waals surface area contributed by atoms with Crippen LogP contribution in [0.1, 0.15) is 48.3 Å². The fourth-order valence-electron chi connectivity index (χ4n) is 2.17. The van der Waals surface area contributed by atoms with Crippen LogP contribution in [0.4, 0.5) is 5.00 Å². The third kappa shape index (κ3) is 3.62. The number of Topliss-reactive ketones (excluding diaryl/α,β-unsaturated/α-hetero) is 1. The molecule has 0 spiro atoms. The molecule has 1 heterocycles. The second-order valence-corrected chi connectivity index (χ2v) is 6.02. The van der Waals surface area contributed by atoms with Crippen LogP contribution in [0.5, 0.6) is 0 Å². The molecular weight excluding hydrogens is 302 g/mol. The highest BCUT2D eigenvalue weighted by molar-refractivity contribution is 7.16. The van der Waals surface area contributed by atoms with Crippen LogP contribution in [-0.2, 0) is 16.0 Å². The fourth-order valence-corrected chi connectivity index (χ4v) is 3.10. The molecule has 0 radical (unpaired) electrons. The summed E-state index contributed by atoms with van der Waals surface area (Å²) in [7, 11) is 0. The van der Waals surface area contributed by atoms with Gasteiger partial charge < -0.3 is 9.84 Å². The van der Waals surface area contributed by atoms with Crippen molar-refractivity contribution >= 4 is 34.3 Å². The Bertz CT molecular complexity index is 643. The number of ether oxygens (including phenoxy) is 1. The van der Waals surface area contributed by atoms with Gasteiger partial charge in [-0.3, -0.25) is 4.79 Å². The molecule has 6 heteroatoms. The van der Waals surface area contributed by atoms with E-state index >= 15 is 0 Å². The van der Waals surface area contributed by atoms with E-state index in [1.807, 2.05) is 6.92 Å². The molecule has 0 unspecified atom stereocenters. The molecule has 1 aliphatic rings. The Morgan fingerprint density at radius 2 is 2.23 bits per heavy atom. The van der Waals surface area contributed by atoms with Crippen molar-refractivity contribution in [2.24, 2.45) is 4.99 Å². The van der Waals surface area contributed by atoms with Crippen molar-refractivity contribution in [3.63, 3.8) is 0 Å². The quantitative estimate of drug-likeness (QED) is 0.662. The van der Waals surface area contributed by atoms with Gasteiger partial charge in [-0.1, -0.05) is 6.92 Å².